The lowest BCUT2D eigenvalue weighted by molar-refractivity contribution is 0.934. The average molecular weight is 375 g/mol. The number of rotatable bonds is 1. The van der Waals surface area contributed by atoms with Crippen molar-refractivity contribution in [2.24, 2.45) is 0 Å². The molecule has 0 heteroatoms. The molecule has 2 aromatic rings. The van der Waals surface area contributed by atoms with Gasteiger partial charge in [0.15, 0.2) is 0 Å². The van der Waals surface area contributed by atoms with Gasteiger partial charge in [-0.2, -0.15) is 0 Å². The number of allylic oxidation sites excluding steroid dienone is 6. The van der Waals surface area contributed by atoms with E-state index in [2.05, 4.69) is 98.2 Å². The van der Waals surface area contributed by atoms with Gasteiger partial charge < -0.3 is 0 Å². The lowest BCUT2D eigenvalue weighted by Gasteiger charge is -2.08. The molecule has 2 aromatic carbocycles. The molecule has 0 aliphatic heterocycles. The van der Waals surface area contributed by atoms with Gasteiger partial charge in [-0.1, -0.05) is 65.2 Å². The van der Waals surface area contributed by atoms with E-state index in [1.165, 1.54) is 34.3 Å². The maximum atomic E-state index is 3.45. The molecule has 0 aromatic heterocycles. The Morgan fingerprint density at radius 2 is 1.52 bits per heavy atom. The number of hydrogen-bond donors (Lipinski definition) is 0. The van der Waals surface area contributed by atoms with Gasteiger partial charge in [0, 0.05) is 22.3 Å². The molecule has 0 radical (unpaired) electrons. The molecule has 2 aliphatic rings. The number of hydrogen-bond acceptors (Lipinski definition) is 0. The highest BCUT2D eigenvalue weighted by Crippen LogP contribution is 2.30. The van der Waals surface area contributed by atoms with Gasteiger partial charge >= 0.3 is 0 Å². The molecule has 0 spiro atoms. The highest BCUT2D eigenvalue weighted by atomic mass is 14.2. The van der Waals surface area contributed by atoms with E-state index in [1.54, 1.807) is 0 Å². The summed E-state index contributed by atoms with van der Waals surface area (Å²) in [5, 5.41) is 0. The zero-order valence-electron chi connectivity index (χ0n) is 17.3. The monoisotopic (exact) mass is 374 g/mol. The van der Waals surface area contributed by atoms with Crippen LogP contribution in [0.1, 0.15) is 66.8 Å². The zero-order valence-corrected chi connectivity index (χ0v) is 17.3. The number of benzene rings is 2. The van der Waals surface area contributed by atoms with Crippen molar-refractivity contribution in [3.63, 3.8) is 0 Å². The molecule has 0 atom stereocenters. The van der Waals surface area contributed by atoms with Crippen LogP contribution in [-0.4, -0.2) is 0 Å². The fourth-order valence-corrected chi connectivity index (χ4v) is 3.69. The Morgan fingerprint density at radius 3 is 2.24 bits per heavy atom. The fraction of sp³-hybridized carbons (Fsp3) is 0.241. The first-order chi connectivity index (χ1) is 14.2. The third kappa shape index (κ3) is 4.99. The molecule has 0 nitrogen and oxygen atoms in total. The van der Waals surface area contributed by atoms with Gasteiger partial charge in [-0.3, -0.25) is 0 Å². The van der Waals surface area contributed by atoms with Crippen LogP contribution in [0.2, 0.25) is 0 Å². The summed E-state index contributed by atoms with van der Waals surface area (Å²) in [6.07, 6.45) is 12.4. The van der Waals surface area contributed by atoms with Crippen LogP contribution < -0.4 is 0 Å². The van der Waals surface area contributed by atoms with Crippen molar-refractivity contribution < 1.29 is 0 Å². The second-order valence-corrected chi connectivity index (χ2v) is 7.95. The molecule has 0 bridgehead atoms. The second kappa shape index (κ2) is 8.86. The maximum Gasteiger partial charge on any atom is 0.0324 e. The highest BCUT2D eigenvalue weighted by molar-refractivity contribution is 5.74. The van der Waals surface area contributed by atoms with E-state index in [9.17, 15) is 0 Å². The van der Waals surface area contributed by atoms with Crippen LogP contribution in [0.25, 0.3) is 5.57 Å². The van der Waals surface area contributed by atoms with Gasteiger partial charge in [-0.05, 0) is 87.4 Å². The van der Waals surface area contributed by atoms with Crippen molar-refractivity contribution in [1.29, 1.82) is 0 Å². The van der Waals surface area contributed by atoms with Crippen molar-refractivity contribution in [2.45, 2.75) is 46.0 Å². The molecule has 2 aliphatic carbocycles. The van der Waals surface area contributed by atoms with Crippen molar-refractivity contribution in [3.05, 3.63) is 99.7 Å². The Bertz CT molecular complexity index is 1130. The van der Waals surface area contributed by atoms with Gasteiger partial charge in [0.1, 0.15) is 0 Å². The average Bonchev–Trinajstić information content (AvgIpc) is 3.28. The summed E-state index contributed by atoms with van der Waals surface area (Å²) in [6, 6.07) is 14.8. The van der Waals surface area contributed by atoms with Crippen LogP contribution >= 0.6 is 0 Å². The minimum absolute atomic E-state index is 1.05. The quantitative estimate of drug-likeness (QED) is 0.472. The van der Waals surface area contributed by atoms with Crippen LogP contribution in [0.3, 0.4) is 0 Å². The SMILES string of the molecule is CC1=CC=C(C#Cc2ccc(C#Cc3ccc(C)cc3)cc2C2=CCCC2)CC1. The van der Waals surface area contributed by atoms with Crippen LogP contribution in [0, 0.1) is 30.6 Å². The summed E-state index contributed by atoms with van der Waals surface area (Å²) in [6.45, 7) is 4.28. The first-order valence-corrected chi connectivity index (χ1v) is 10.5. The molecule has 29 heavy (non-hydrogen) atoms. The summed E-state index contributed by atoms with van der Waals surface area (Å²) < 4.78 is 0. The van der Waals surface area contributed by atoms with Crippen LogP contribution in [0.15, 0.2) is 71.8 Å². The molecule has 0 amide bonds. The molecule has 0 unspecified atom stereocenters. The van der Waals surface area contributed by atoms with Crippen LogP contribution in [0.4, 0.5) is 0 Å². The number of aryl methyl sites for hydroxylation is 1. The largest absolute Gasteiger partial charge is 0.0807 e. The summed E-state index contributed by atoms with van der Waals surface area (Å²) >= 11 is 0. The Balaban J connectivity index is 1.66. The normalized spacial score (nSPS) is 15.3. The van der Waals surface area contributed by atoms with Crippen LogP contribution in [0.5, 0.6) is 0 Å². The Hall–Kier alpha value is -3.22. The first kappa shape index (κ1) is 19.1. The third-order valence-electron chi connectivity index (χ3n) is 5.52. The molecule has 0 saturated carbocycles. The van der Waals surface area contributed by atoms with Gasteiger partial charge in [0.25, 0.3) is 0 Å². The van der Waals surface area contributed by atoms with Gasteiger partial charge in [0.05, 0.1) is 0 Å². The molecule has 0 fully saturated rings. The highest BCUT2D eigenvalue weighted by Gasteiger charge is 2.11. The van der Waals surface area contributed by atoms with E-state index in [0.29, 0.717) is 0 Å². The summed E-state index contributed by atoms with van der Waals surface area (Å²) in [4.78, 5) is 0. The van der Waals surface area contributed by atoms with Gasteiger partial charge in [0.2, 0.25) is 0 Å². The van der Waals surface area contributed by atoms with Gasteiger partial charge in [-0.15, -0.1) is 0 Å². The summed E-state index contributed by atoms with van der Waals surface area (Å²) in [5.41, 5.74) is 9.81. The molecule has 0 N–H and O–H groups in total. The molecular weight excluding hydrogens is 348 g/mol. The maximum absolute atomic E-state index is 3.45. The molecule has 4 rings (SSSR count). The minimum atomic E-state index is 1.05. The molecule has 0 heterocycles. The van der Waals surface area contributed by atoms with Crippen LogP contribution in [-0.2, 0) is 0 Å². The van der Waals surface area contributed by atoms with E-state index in [-0.39, 0.29) is 0 Å². The molecular formula is C29H26. The smallest absolute Gasteiger partial charge is 0.0324 e. The zero-order chi connectivity index (χ0) is 20.1. The fourth-order valence-electron chi connectivity index (χ4n) is 3.69. The molecule has 142 valence electrons. The Morgan fingerprint density at radius 1 is 0.724 bits per heavy atom. The third-order valence-corrected chi connectivity index (χ3v) is 5.52. The lowest BCUT2D eigenvalue weighted by Crippen LogP contribution is -1.92. The van der Waals surface area contributed by atoms with Crippen molar-refractivity contribution in [3.8, 4) is 23.7 Å². The van der Waals surface area contributed by atoms with Crippen molar-refractivity contribution in [1.82, 2.24) is 0 Å². The van der Waals surface area contributed by atoms with Crippen molar-refractivity contribution >= 4 is 5.57 Å². The van der Waals surface area contributed by atoms with E-state index in [0.717, 1.165) is 42.4 Å². The van der Waals surface area contributed by atoms with E-state index in [4.69, 9.17) is 0 Å². The van der Waals surface area contributed by atoms with Gasteiger partial charge in [-0.25, -0.2) is 0 Å². The topological polar surface area (TPSA) is 0 Å². The second-order valence-electron chi connectivity index (χ2n) is 7.95. The standard InChI is InChI=1S/C29H26/c1-22-7-11-24(12-8-22)15-16-26-18-20-28(29(21-26)27-5-3-4-6-27)19-17-25-13-9-23(2)10-14-25/h5,7-9,11-13,18,20-21H,3-4,6,10,14H2,1-2H3. The Labute approximate surface area is 175 Å². The summed E-state index contributed by atoms with van der Waals surface area (Å²) in [5.74, 6) is 13.5. The first-order valence-electron chi connectivity index (χ1n) is 10.5. The lowest BCUT2D eigenvalue weighted by atomic mass is 9.95. The van der Waals surface area contributed by atoms with E-state index >= 15 is 0 Å². The predicted octanol–water partition coefficient (Wildman–Crippen LogP) is 6.98. The minimum Gasteiger partial charge on any atom is -0.0807 e. The molecule has 0 saturated heterocycles. The van der Waals surface area contributed by atoms with E-state index < -0.39 is 0 Å². The Kier molecular flexibility index (Phi) is 5.84. The summed E-state index contributed by atoms with van der Waals surface area (Å²) in [7, 11) is 0. The predicted molar refractivity (Wildman–Crippen MR) is 123 cm³/mol. The van der Waals surface area contributed by atoms with E-state index in [1.807, 2.05) is 0 Å². The van der Waals surface area contributed by atoms with Crippen molar-refractivity contribution in [2.75, 3.05) is 0 Å².